The van der Waals surface area contributed by atoms with Crippen LogP contribution in [0.1, 0.15) is 40.0 Å². The second-order valence-electron chi connectivity index (χ2n) is 7.42. The summed E-state index contributed by atoms with van der Waals surface area (Å²) in [6, 6.07) is 0. The van der Waals surface area contributed by atoms with Gasteiger partial charge in [0.05, 0.1) is 18.6 Å². The molecule has 0 spiro atoms. The predicted molar refractivity (Wildman–Crippen MR) is 94.1 cm³/mol. The fourth-order valence-electron chi connectivity index (χ4n) is 3.79. The van der Waals surface area contributed by atoms with Crippen LogP contribution in [0.3, 0.4) is 0 Å². The normalized spacial score (nSPS) is 37.2. The molecule has 2 fully saturated rings. The van der Waals surface area contributed by atoms with Crippen LogP contribution in [-0.4, -0.2) is 47.6 Å². The van der Waals surface area contributed by atoms with Gasteiger partial charge in [0.15, 0.2) is 0 Å². The summed E-state index contributed by atoms with van der Waals surface area (Å²) in [5.74, 6) is -1.41. The summed E-state index contributed by atoms with van der Waals surface area (Å²) in [5, 5.41) is 9.89. The van der Waals surface area contributed by atoms with E-state index in [0.29, 0.717) is 17.6 Å². The topological polar surface area (TPSA) is 85.4 Å². The largest absolute Gasteiger partial charge is 0.458 e. The van der Waals surface area contributed by atoms with Crippen molar-refractivity contribution in [1.82, 2.24) is 0 Å². The Morgan fingerprint density at radius 3 is 2.92 bits per heavy atom. The van der Waals surface area contributed by atoms with Crippen molar-refractivity contribution in [3.05, 3.63) is 35.5 Å². The first kappa shape index (κ1) is 18.9. The van der Waals surface area contributed by atoms with E-state index < -0.39 is 35.7 Å². The Balaban J connectivity index is 1.97. The molecule has 1 aliphatic carbocycles. The van der Waals surface area contributed by atoms with Crippen LogP contribution in [0.5, 0.6) is 0 Å². The highest BCUT2D eigenvalue weighted by Gasteiger charge is 2.59. The molecule has 0 aromatic carbocycles. The lowest BCUT2D eigenvalue weighted by molar-refractivity contribution is -0.148. The van der Waals surface area contributed by atoms with Crippen LogP contribution >= 0.6 is 0 Å². The van der Waals surface area contributed by atoms with Gasteiger partial charge in [0.2, 0.25) is 0 Å². The Bertz CT molecular complexity index is 690. The van der Waals surface area contributed by atoms with Gasteiger partial charge >= 0.3 is 11.9 Å². The Hall–Kier alpha value is -1.92. The number of hydrogen-bond acceptors (Lipinski definition) is 6. The molecule has 2 saturated heterocycles. The summed E-state index contributed by atoms with van der Waals surface area (Å²) in [4.78, 5) is 24.5. The molecule has 6 heteroatoms. The SMILES string of the molecule is C=C1C(=O)OC2C=C(C)CCC3OC3(CO)CC(OC(=O)C(C)=CC)C12. The minimum Gasteiger partial charge on any atom is -0.458 e. The van der Waals surface area contributed by atoms with Gasteiger partial charge in [-0.05, 0) is 39.7 Å². The molecule has 3 rings (SSSR count). The van der Waals surface area contributed by atoms with Gasteiger partial charge in [0, 0.05) is 17.6 Å². The summed E-state index contributed by atoms with van der Waals surface area (Å²) >= 11 is 0. The van der Waals surface area contributed by atoms with Crippen molar-refractivity contribution in [3.8, 4) is 0 Å². The number of esters is 2. The number of carbonyl (C=O) groups excluding carboxylic acids is 2. The number of rotatable bonds is 3. The van der Waals surface area contributed by atoms with Crippen molar-refractivity contribution in [2.45, 2.75) is 63.9 Å². The van der Waals surface area contributed by atoms with E-state index in [1.54, 1.807) is 19.9 Å². The lowest BCUT2D eigenvalue weighted by atomic mass is 9.82. The maximum absolute atomic E-state index is 12.4. The van der Waals surface area contributed by atoms with Crippen molar-refractivity contribution < 1.29 is 28.9 Å². The summed E-state index contributed by atoms with van der Waals surface area (Å²) < 4.78 is 17.0. The molecule has 0 amide bonds. The average molecular weight is 362 g/mol. The quantitative estimate of drug-likeness (QED) is 0.359. The van der Waals surface area contributed by atoms with Crippen molar-refractivity contribution >= 4 is 11.9 Å². The molecule has 0 saturated carbocycles. The summed E-state index contributed by atoms with van der Waals surface area (Å²) in [7, 11) is 0. The minimum absolute atomic E-state index is 0.0808. The molecule has 2 heterocycles. The fourth-order valence-corrected chi connectivity index (χ4v) is 3.79. The second kappa shape index (κ2) is 7.00. The van der Waals surface area contributed by atoms with E-state index in [0.717, 1.165) is 18.4 Å². The molecule has 2 aliphatic heterocycles. The highest BCUT2D eigenvalue weighted by atomic mass is 16.6. The summed E-state index contributed by atoms with van der Waals surface area (Å²) in [5.41, 5.74) is 1.11. The molecule has 0 radical (unpaired) electrons. The van der Waals surface area contributed by atoms with Gasteiger partial charge < -0.3 is 19.3 Å². The first-order chi connectivity index (χ1) is 12.3. The zero-order valence-corrected chi connectivity index (χ0v) is 15.5. The number of ether oxygens (including phenoxy) is 3. The summed E-state index contributed by atoms with van der Waals surface area (Å²) in [6.07, 6.45) is 4.19. The van der Waals surface area contributed by atoms with Crippen LogP contribution in [0.25, 0.3) is 0 Å². The molecule has 6 nitrogen and oxygen atoms in total. The highest BCUT2D eigenvalue weighted by molar-refractivity contribution is 5.92. The molecule has 5 atom stereocenters. The number of allylic oxidation sites excluding steroid dienone is 2. The first-order valence-electron chi connectivity index (χ1n) is 9.01. The zero-order valence-electron chi connectivity index (χ0n) is 15.5. The van der Waals surface area contributed by atoms with E-state index in [9.17, 15) is 14.7 Å². The Morgan fingerprint density at radius 1 is 1.54 bits per heavy atom. The van der Waals surface area contributed by atoms with Crippen molar-refractivity contribution in [1.29, 1.82) is 0 Å². The van der Waals surface area contributed by atoms with Crippen LogP contribution in [0.4, 0.5) is 0 Å². The highest BCUT2D eigenvalue weighted by Crippen LogP contribution is 2.48. The van der Waals surface area contributed by atoms with Gasteiger partial charge in [-0.25, -0.2) is 9.59 Å². The average Bonchev–Trinajstić information content (AvgIpc) is 3.23. The standard InChI is InChI=1S/C20H26O6/c1-5-12(3)18(22)25-15-9-20(10-21)16(26-20)7-6-11(2)8-14-17(15)13(4)19(23)24-14/h5,8,14-17,21H,4,6-7,9-10H2,1-3H3. The van der Waals surface area contributed by atoms with E-state index in [-0.39, 0.29) is 12.7 Å². The zero-order chi connectivity index (χ0) is 19.1. The number of epoxide rings is 1. The van der Waals surface area contributed by atoms with Crippen LogP contribution in [0, 0.1) is 5.92 Å². The molecular formula is C20H26O6. The molecule has 3 aliphatic rings. The number of aliphatic hydroxyl groups excluding tert-OH is 1. The number of carbonyl (C=O) groups is 2. The van der Waals surface area contributed by atoms with Crippen LogP contribution in [0.2, 0.25) is 0 Å². The predicted octanol–water partition coefficient (Wildman–Crippen LogP) is 2.22. The molecular weight excluding hydrogens is 336 g/mol. The van der Waals surface area contributed by atoms with E-state index in [1.165, 1.54) is 0 Å². The van der Waals surface area contributed by atoms with Gasteiger partial charge in [0.25, 0.3) is 0 Å². The number of fused-ring (bicyclic) bond motifs is 2. The van der Waals surface area contributed by atoms with E-state index in [2.05, 4.69) is 6.58 Å². The van der Waals surface area contributed by atoms with Gasteiger partial charge in [-0.3, -0.25) is 0 Å². The maximum Gasteiger partial charge on any atom is 0.334 e. The smallest absolute Gasteiger partial charge is 0.334 e. The Kier molecular flexibility index (Phi) is 5.08. The summed E-state index contributed by atoms with van der Waals surface area (Å²) in [6.45, 7) is 9.12. The van der Waals surface area contributed by atoms with Crippen LogP contribution in [-0.2, 0) is 23.8 Å². The van der Waals surface area contributed by atoms with Crippen molar-refractivity contribution in [2.75, 3.05) is 6.61 Å². The Labute approximate surface area is 153 Å². The molecule has 0 bridgehead atoms. The molecule has 26 heavy (non-hydrogen) atoms. The van der Waals surface area contributed by atoms with E-state index in [4.69, 9.17) is 14.2 Å². The van der Waals surface area contributed by atoms with Gasteiger partial charge in [-0.2, -0.15) is 0 Å². The number of aliphatic hydroxyl groups is 1. The molecule has 0 aromatic heterocycles. The second-order valence-corrected chi connectivity index (χ2v) is 7.42. The van der Waals surface area contributed by atoms with Crippen LogP contribution in [0.15, 0.2) is 35.5 Å². The van der Waals surface area contributed by atoms with E-state index >= 15 is 0 Å². The molecule has 5 unspecified atom stereocenters. The van der Waals surface area contributed by atoms with Gasteiger partial charge in [-0.1, -0.05) is 18.2 Å². The maximum atomic E-state index is 12.4. The van der Waals surface area contributed by atoms with Crippen molar-refractivity contribution in [3.63, 3.8) is 0 Å². The van der Waals surface area contributed by atoms with Crippen LogP contribution < -0.4 is 0 Å². The fraction of sp³-hybridized carbons (Fsp3) is 0.600. The Morgan fingerprint density at radius 2 is 2.27 bits per heavy atom. The van der Waals surface area contributed by atoms with Gasteiger partial charge in [-0.15, -0.1) is 0 Å². The molecule has 142 valence electrons. The minimum atomic E-state index is -0.733. The molecule has 1 N–H and O–H groups in total. The molecule has 0 aromatic rings. The lowest BCUT2D eigenvalue weighted by Crippen LogP contribution is -2.39. The third kappa shape index (κ3) is 3.35. The number of hydrogen-bond donors (Lipinski definition) is 1. The van der Waals surface area contributed by atoms with E-state index in [1.807, 2.05) is 13.0 Å². The third-order valence-corrected chi connectivity index (χ3v) is 5.65. The first-order valence-corrected chi connectivity index (χ1v) is 9.01. The monoisotopic (exact) mass is 362 g/mol. The van der Waals surface area contributed by atoms with Crippen molar-refractivity contribution in [2.24, 2.45) is 5.92 Å². The third-order valence-electron chi connectivity index (χ3n) is 5.65. The lowest BCUT2D eigenvalue weighted by Gasteiger charge is -2.29. The van der Waals surface area contributed by atoms with Gasteiger partial charge in [0.1, 0.15) is 17.8 Å².